The highest BCUT2D eigenvalue weighted by Crippen LogP contribution is 2.50. The van der Waals surface area contributed by atoms with Crippen molar-refractivity contribution in [1.82, 2.24) is 0 Å². The molecule has 0 amide bonds. The van der Waals surface area contributed by atoms with Crippen LogP contribution in [-0.4, -0.2) is 15.5 Å². The fourth-order valence-electron chi connectivity index (χ4n) is 1.95. The molecule has 0 spiro atoms. The van der Waals surface area contributed by atoms with Crippen molar-refractivity contribution < 1.29 is 9.79 Å². The molecule has 2 nitrogen and oxygen atoms in total. The normalized spacial score (nSPS) is 11.9. The maximum atomic E-state index is 9.02. The summed E-state index contributed by atoms with van der Waals surface area (Å²) in [5.74, 6) is 0.793. The molecule has 0 aromatic carbocycles. The number of unbranched alkanes of at least 4 members (excludes halogenated alkanes) is 10. The summed E-state index contributed by atoms with van der Waals surface area (Å²) in [6, 6.07) is 0. The molecule has 0 aromatic rings. The molecule has 18 heavy (non-hydrogen) atoms. The number of rotatable bonds is 13. The van der Waals surface area contributed by atoms with Crippen LogP contribution in [0.4, 0.5) is 0 Å². The van der Waals surface area contributed by atoms with Gasteiger partial charge in [0.2, 0.25) is 5.69 Å². The molecule has 0 aliphatic carbocycles. The minimum absolute atomic E-state index is 0.793. The first kappa shape index (κ1) is 18.9. The largest absolute Gasteiger partial charge is 0.338 e. The lowest BCUT2D eigenvalue weighted by atomic mass is 10.1. The van der Waals surface area contributed by atoms with E-state index in [0.29, 0.717) is 0 Å². The van der Waals surface area contributed by atoms with Gasteiger partial charge in [0.15, 0.2) is 0 Å². The summed E-state index contributed by atoms with van der Waals surface area (Å²) in [5.41, 5.74) is -3.00. The van der Waals surface area contributed by atoms with Gasteiger partial charge in [0.25, 0.3) is 0 Å². The monoisotopic (exact) mass is 312 g/mol. The Balaban J connectivity index is 3.01. The lowest BCUT2D eigenvalue weighted by molar-refractivity contribution is 0.502. The molecule has 0 saturated heterocycles. The Morgan fingerprint density at radius 3 is 1.56 bits per heavy atom. The van der Waals surface area contributed by atoms with Crippen LogP contribution in [0.2, 0.25) is 0 Å². The molecule has 0 heterocycles. The van der Waals surface area contributed by atoms with E-state index in [2.05, 4.69) is 18.7 Å². The van der Waals surface area contributed by atoms with Crippen molar-refractivity contribution in [3.05, 3.63) is 0 Å². The van der Waals surface area contributed by atoms with Crippen LogP contribution in [0.1, 0.15) is 77.6 Å². The van der Waals surface area contributed by atoms with Crippen LogP contribution in [0.3, 0.4) is 0 Å². The van der Waals surface area contributed by atoms with Gasteiger partial charge in [-0.25, -0.2) is 0 Å². The van der Waals surface area contributed by atoms with Gasteiger partial charge in [-0.1, -0.05) is 82.5 Å². The lowest BCUT2D eigenvalue weighted by Gasteiger charge is -2.06. The first-order valence-corrected chi connectivity index (χ1v) is 11.6. The summed E-state index contributed by atoms with van der Waals surface area (Å²) in [4.78, 5) is 18.0. The quantitative estimate of drug-likeness (QED) is 0.360. The second-order valence-corrected chi connectivity index (χ2v) is 11.0. The molecule has 110 valence electrons. The smallest absolute Gasteiger partial charge is 0.242 e. The van der Waals surface area contributed by atoms with Crippen LogP contribution in [0.5, 0.6) is 0 Å². The van der Waals surface area contributed by atoms with E-state index in [1.165, 1.54) is 64.2 Å². The van der Waals surface area contributed by atoms with Gasteiger partial charge in [-0.2, -0.15) is 0 Å². The molecule has 0 atom stereocenters. The van der Waals surface area contributed by atoms with Gasteiger partial charge in [0, 0.05) is 5.75 Å². The zero-order valence-electron chi connectivity index (χ0n) is 11.6. The summed E-state index contributed by atoms with van der Waals surface area (Å²) in [6.45, 7) is 2.25. The fourth-order valence-corrected chi connectivity index (χ4v) is 4.29. The Labute approximate surface area is 122 Å². The van der Waals surface area contributed by atoms with E-state index >= 15 is 0 Å². The first-order chi connectivity index (χ1) is 8.56. The van der Waals surface area contributed by atoms with Crippen molar-refractivity contribution in [2.45, 2.75) is 77.6 Å². The van der Waals surface area contributed by atoms with Crippen LogP contribution >= 0.6 is 17.1 Å². The molecule has 5 heteroatoms. The predicted molar refractivity (Wildman–Crippen MR) is 87.6 cm³/mol. The molecule has 0 saturated carbocycles. The van der Waals surface area contributed by atoms with Gasteiger partial charge in [0.05, 0.1) is 0 Å². The van der Waals surface area contributed by atoms with Crippen LogP contribution in [0, 0.1) is 0 Å². The van der Waals surface area contributed by atoms with E-state index in [-0.39, 0.29) is 0 Å². The second kappa shape index (κ2) is 12.9. The number of hydrogen-bond acceptors (Lipinski definition) is 2. The van der Waals surface area contributed by atoms with Gasteiger partial charge >= 0.3 is 0 Å². The molecule has 0 aromatic heterocycles. The molecule has 0 unspecified atom stereocenters. The van der Waals surface area contributed by atoms with Crippen LogP contribution in [0.25, 0.3) is 0 Å². The van der Waals surface area contributed by atoms with Crippen LogP contribution in [-0.2, 0) is 11.8 Å². The zero-order valence-corrected chi connectivity index (χ0v) is 14.2. The third-order valence-corrected chi connectivity index (χ3v) is 6.32. The lowest BCUT2D eigenvalue weighted by Crippen LogP contribution is -1.84. The predicted octanol–water partition coefficient (Wildman–Crippen LogP) is 5.24. The molecule has 2 N–H and O–H groups in total. The van der Waals surface area contributed by atoms with Gasteiger partial charge < -0.3 is 9.79 Å². The average Bonchev–Trinajstić information content (AvgIpc) is 2.29. The summed E-state index contributed by atoms with van der Waals surface area (Å²) in [7, 11) is 0. The average molecular weight is 312 g/mol. The summed E-state index contributed by atoms with van der Waals surface area (Å²) >= 11 is 5.70. The van der Waals surface area contributed by atoms with E-state index in [0.717, 1.165) is 23.6 Å². The number of hydrogen-bond donors (Lipinski definition) is 2. The van der Waals surface area contributed by atoms with Crippen molar-refractivity contribution >= 4 is 28.9 Å². The first-order valence-electron chi connectivity index (χ1n) is 7.26. The molecule has 0 radical (unpaired) electrons. The van der Waals surface area contributed by atoms with Gasteiger partial charge in [-0.3, -0.25) is 0 Å². The van der Waals surface area contributed by atoms with Crippen molar-refractivity contribution in [2.75, 3.05) is 5.75 Å². The highest BCUT2D eigenvalue weighted by molar-refractivity contribution is 8.67. The van der Waals surface area contributed by atoms with Crippen molar-refractivity contribution in [3.8, 4) is 0 Å². The maximum absolute atomic E-state index is 9.02. The van der Waals surface area contributed by atoms with Gasteiger partial charge in [-0.05, 0) is 18.2 Å². The third kappa shape index (κ3) is 16.9. The Bertz CT molecular complexity index is 219. The molecule has 0 bridgehead atoms. The highest BCUT2D eigenvalue weighted by Gasteiger charge is 2.06. The Morgan fingerprint density at radius 2 is 1.17 bits per heavy atom. The maximum Gasteiger partial charge on any atom is 0.242 e. The fraction of sp³-hybridized carbons (Fsp3) is 1.00. The second-order valence-electron chi connectivity index (χ2n) is 4.86. The van der Waals surface area contributed by atoms with Crippen LogP contribution < -0.4 is 0 Å². The molecule has 0 aliphatic rings. The minimum atomic E-state index is -3.00. The van der Waals surface area contributed by atoms with E-state index in [4.69, 9.17) is 9.79 Å². The molecule has 0 aliphatic heterocycles. The SMILES string of the molecule is CCCCCCCCCCCCCSP(O)(O)=S. The summed E-state index contributed by atoms with van der Waals surface area (Å²) < 4.78 is 0. The van der Waals surface area contributed by atoms with E-state index in [1.807, 2.05) is 0 Å². The zero-order chi connectivity index (χ0) is 13.7. The van der Waals surface area contributed by atoms with E-state index in [9.17, 15) is 0 Å². The third-order valence-electron chi connectivity index (χ3n) is 3.01. The standard InChI is InChI=1S/C13H29O2PS2/c1-2-3-4-5-6-7-8-9-10-11-12-13-18-16(14,15)17/h2-13H2,1H3,(H2,14,15,17). The Hall–Kier alpha value is 0.920. The molecule has 0 rings (SSSR count). The minimum Gasteiger partial charge on any atom is -0.338 e. The Kier molecular flexibility index (Phi) is 13.6. The van der Waals surface area contributed by atoms with Gasteiger partial charge in [-0.15, -0.1) is 0 Å². The Morgan fingerprint density at radius 1 is 0.778 bits per heavy atom. The summed E-state index contributed by atoms with van der Waals surface area (Å²) in [5, 5.41) is 0. The highest BCUT2D eigenvalue weighted by atomic mass is 32.9. The van der Waals surface area contributed by atoms with Crippen LogP contribution in [0.15, 0.2) is 0 Å². The topological polar surface area (TPSA) is 40.5 Å². The molecular weight excluding hydrogens is 283 g/mol. The van der Waals surface area contributed by atoms with Crippen molar-refractivity contribution in [1.29, 1.82) is 0 Å². The molecule has 0 fully saturated rings. The van der Waals surface area contributed by atoms with Crippen molar-refractivity contribution in [3.63, 3.8) is 0 Å². The summed E-state index contributed by atoms with van der Waals surface area (Å²) in [6.07, 6.45) is 14.5. The van der Waals surface area contributed by atoms with Crippen molar-refractivity contribution in [2.24, 2.45) is 0 Å². The van der Waals surface area contributed by atoms with E-state index < -0.39 is 5.69 Å². The molecular formula is C13H29O2PS2. The van der Waals surface area contributed by atoms with Gasteiger partial charge in [0.1, 0.15) is 0 Å². The van der Waals surface area contributed by atoms with E-state index in [1.54, 1.807) is 0 Å².